The van der Waals surface area contributed by atoms with Crippen molar-refractivity contribution in [3.05, 3.63) is 6.42 Å². The summed E-state index contributed by atoms with van der Waals surface area (Å²) in [6.07, 6.45) is 11.9. The SMILES string of the molecule is CCCCCOC1C[CH]CCC1. The lowest BCUT2D eigenvalue weighted by Gasteiger charge is -2.21. The summed E-state index contributed by atoms with van der Waals surface area (Å²) in [6, 6.07) is 0. The molecule has 0 aliphatic heterocycles. The molecule has 1 unspecified atom stereocenters. The normalized spacial score (nSPS) is 19.8. The highest BCUT2D eigenvalue weighted by atomic mass is 16.5. The standard InChI is InChI=1S/C11H21O/c1-2-3-7-10-12-11-8-5-4-6-9-11/h5,11H,2-4,6-10H2,1H3. The molecule has 1 aliphatic rings. The van der Waals surface area contributed by atoms with Crippen LogP contribution in [0.5, 0.6) is 0 Å². The largest absolute Gasteiger partial charge is 0.378 e. The lowest BCUT2D eigenvalue weighted by atomic mass is 9.98. The Bertz CT molecular complexity index is 95.2. The molecule has 1 atom stereocenters. The van der Waals surface area contributed by atoms with Gasteiger partial charge in [0.2, 0.25) is 0 Å². The van der Waals surface area contributed by atoms with Gasteiger partial charge in [-0.2, -0.15) is 0 Å². The average molecular weight is 169 g/mol. The van der Waals surface area contributed by atoms with Gasteiger partial charge in [-0.3, -0.25) is 0 Å². The maximum Gasteiger partial charge on any atom is 0.0577 e. The molecule has 12 heavy (non-hydrogen) atoms. The van der Waals surface area contributed by atoms with Crippen molar-refractivity contribution in [2.24, 2.45) is 0 Å². The van der Waals surface area contributed by atoms with Gasteiger partial charge in [-0.15, -0.1) is 0 Å². The molecule has 0 aromatic heterocycles. The molecule has 0 N–H and O–H groups in total. The van der Waals surface area contributed by atoms with Gasteiger partial charge in [0.05, 0.1) is 6.10 Å². The third-order valence-electron chi connectivity index (χ3n) is 2.47. The monoisotopic (exact) mass is 169 g/mol. The first-order chi connectivity index (χ1) is 5.93. The van der Waals surface area contributed by atoms with Gasteiger partial charge in [0.1, 0.15) is 0 Å². The Kier molecular flexibility index (Phi) is 5.42. The molecule has 1 saturated carbocycles. The van der Waals surface area contributed by atoms with Crippen LogP contribution < -0.4 is 0 Å². The molecule has 0 bridgehead atoms. The molecule has 0 aromatic rings. The average Bonchev–Trinajstić information content (AvgIpc) is 2.14. The number of rotatable bonds is 5. The van der Waals surface area contributed by atoms with Crippen LogP contribution in [-0.4, -0.2) is 12.7 Å². The maximum absolute atomic E-state index is 5.75. The van der Waals surface area contributed by atoms with Gasteiger partial charge in [0.15, 0.2) is 0 Å². The van der Waals surface area contributed by atoms with Gasteiger partial charge >= 0.3 is 0 Å². The van der Waals surface area contributed by atoms with Crippen LogP contribution in [0, 0.1) is 6.42 Å². The molecule has 0 saturated heterocycles. The second kappa shape index (κ2) is 6.47. The zero-order valence-electron chi connectivity index (χ0n) is 8.22. The van der Waals surface area contributed by atoms with Gasteiger partial charge in [0, 0.05) is 6.61 Å². The fraction of sp³-hybridized carbons (Fsp3) is 0.909. The van der Waals surface area contributed by atoms with Crippen LogP contribution >= 0.6 is 0 Å². The van der Waals surface area contributed by atoms with E-state index in [2.05, 4.69) is 13.3 Å². The van der Waals surface area contributed by atoms with E-state index in [1.807, 2.05) is 0 Å². The zero-order valence-corrected chi connectivity index (χ0v) is 8.22. The van der Waals surface area contributed by atoms with Crippen LogP contribution in [0.15, 0.2) is 0 Å². The molecule has 1 fully saturated rings. The maximum atomic E-state index is 5.75. The van der Waals surface area contributed by atoms with E-state index in [1.165, 1.54) is 44.9 Å². The van der Waals surface area contributed by atoms with E-state index >= 15 is 0 Å². The van der Waals surface area contributed by atoms with E-state index in [9.17, 15) is 0 Å². The van der Waals surface area contributed by atoms with Crippen LogP contribution in [0.4, 0.5) is 0 Å². The topological polar surface area (TPSA) is 9.23 Å². The smallest absolute Gasteiger partial charge is 0.0577 e. The fourth-order valence-electron chi connectivity index (χ4n) is 1.66. The van der Waals surface area contributed by atoms with Crippen LogP contribution in [-0.2, 0) is 4.74 Å². The van der Waals surface area contributed by atoms with Crippen molar-refractivity contribution in [1.82, 2.24) is 0 Å². The highest BCUT2D eigenvalue weighted by Crippen LogP contribution is 2.19. The minimum atomic E-state index is 0.551. The van der Waals surface area contributed by atoms with E-state index in [4.69, 9.17) is 4.74 Å². The van der Waals surface area contributed by atoms with E-state index in [0.717, 1.165) is 6.61 Å². The molecule has 0 amide bonds. The predicted octanol–water partition coefficient (Wildman–Crippen LogP) is 3.34. The van der Waals surface area contributed by atoms with E-state index in [-0.39, 0.29) is 0 Å². The molecular formula is C11H21O. The Labute approximate surface area is 76.5 Å². The second-order valence-electron chi connectivity index (χ2n) is 3.66. The summed E-state index contributed by atoms with van der Waals surface area (Å²) in [5, 5.41) is 0. The number of ether oxygens (including phenoxy) is 1. The summed E-state index contributed by atoms with van der Waals surface area (Å²) < 4.78 is 5.75. The zero-order chi connectivity index (χ0) is 8.65. The molecule has 0 aromatic carbocycles. The molecule has 71 valence electrons. The first-order valence-corrected chi connectivity index (χ1v) is 5.36. The Balaban J connectivity index is 1.91. The lowest BCUT2D eigenvalue weighted by Crippen LogP contribution is -2.17. The van der Waals surface area contributed by atoms with Crippen molar-refractivity contribution < 1.29 is 4.74 Å². The quantitative estimate of drug-likeness (QED) is 0.573. The molecule has 1 rings (SSSR count). The molecule has 1 nitrogen and oxygen atoms in total. The molecule has 1 radical (unpaired) electrons. The van der Waals surface area contributed by atoms with Crippen molar-refractivity contribution >= 4 is 0 Å². The van der Waals surface area contributed by atoms with Gasteiger partial charge in [0.25, 0.3) is 0 Å². The van der Waals surface area contributed by atoms with Gasteiger partial charge in [-0.1, -0.05) is 26.2 Å². The van der Waals surface area contributed by atoms with Crippen LogP contribution in [0.3, 0.4) is 0 Å². The fourth-order valence-corrected chi connectivity index (χ4v) is 1.66. The number of unbranched alkanes of at least 4 members (excludes halogenated alkanes) is 2. The van der Waals surface area contributed by atoms with Crippen molar-refractivity contribution in [1.29, 1.82) is 0 Å². The summed E-state index contributed by atoms with van der Waals surface area (Å²) in [4.78, 5) is 0. The summed E-state index contributed by atoms with van der Waals surface area (Å²) in [7, 11) is 0. The van der Waals surface area contributed by atoms with Crippen molar-refractivity contribution in [3.8, 4) is 0 Å². The van der Waals surface area contributed by atoms with Crippen molar-refractivity contribution in [2.75, 3.05) is 6.61 Å². The molecule has 1 aliphatic carbocycles. The Morgan fingerprint density at radius 1 is 1.42 bits per heavy atom. The summed E-state index contributed by atoms with van der Waals surface area (Å²) in [6.45, 7) is 3.21. The first-order valence-electron chi connectivity index (χ1n) is 5.36. The van der Waals surface area contributed by atoms with Crippen molar-refractivity contribution in [2.45, 2.75) is 58.0 Å². The van der Waals surface area contributed by atoms with E-state index < -0.39 is 0 Å². The summed E-state index contributed by atoms with van der Waals surface area (Å²) in [5.41, 5.74) is 0. The third kappa shape index (κ3) is 4.10. The highest BCUT2D eigenvalue weighted by molar-refractivity contribution is 4.77. The number of hydrogen-bond donors (Lipinski definition) is 0. The van der Waals surface area contributed by atoms with Crippen LogP contribution in [0.1, 0.15) is 51.9 Å². The molecule has 0 heterocycles. The van der Waals surface area contributed by atoms with Crippen LogP contribution in [0.25, 0.3) is 0 Å². The highest BCUT2D eigenvalue weighted by Gasteiger charge is 2.12. The summed E-state index contributed by atoms with van der Waals surface area (Å²) in [5.74, 6) is 0. The number of hydrogen-bond acceptors (Lipinski definition) is 1. The minimum absolute atomic E-state index is 0.551. The van der Waals surface area contributed by atoms with Gasteiger partial charge in [-0.05, 0) is 32.1 Å². The second-order valence-corrected chi connectivity index (χ2v) is 3.66. The Morgan fingerprint density at radius 2 is 2.33 bits per heavy atom. The van der Waals surface area contributed by atoms with Gasteiger partial charge < -0.3 is 4.74 Å². The Morgan fingerprint density at radius 3 is 3.00 bits per heavy atom. The van der Waals surface area contributed by atoms with Crippen LogP contribution in [0.2, 0.25) is 0 Å². The lowest BCUT2D eigenvalue weighted by molar-refractivity contribution is 0.0363. The van der Waals surface area contributed by atoms with Crippen molar-refractivity contribution in [3.63, 3.8) is 0 Å². The molecule has 1 heteroatoms. The Hall–Kier alpha value is -0.0400. The third-order valence-corrected chi connectivity index (χ3v) is 2.47. The molecule has 0 spiro atoms. The summed E-state index contributed by atoms with van der Waals surface area (Å²) >= 11 is 0. The predicted molar refractivity (Wildman–Crippen MR) is 52.0 cm³/mol. The first kappa shape index (κ1) is 10.0. The van der Waals surface area contributed by atoms with Gasteiger partial charge in [-0.25, -0.2) is 0 Å². The molecular weight excluding hydrogens is 148 g/mol. The van der Waals surface area contributed by atoms with E-state index in [0.29, 0.717) is 6.10 Å². The van der Waals surface area contributed by atoms with E-state index in [1.54, 1.807) is 0 Å². The minimum Gasteiger partial charge on any atom is -0.378 e.